The van der Waals surface area contributed by atoms with Crippen LogP contribution in [0.4, 0.5) is 22.7 Å². The van der Waals surface area contributed by atoms with Crippen molar-refractivity contribution in [3.63, 3.8) is 0 Å². The second-order valence-electron chi connectivity index (χ2n) is 9.40. The predicted molar refractivity (Wildman–Crippen MR) is 164 cm³/mol. The number of fused-ring (bicyclic) bond motifs is 2. The minimum absolute atomic E-state index is 0. The van der Waals surface area contributed by atoms with E-state index in [2.05, 4.69) is 44.5 Å². The Bertz CT molecular complexity index is 2090. The van der Waals surface area contributed by atoms with Crippen LogP contribution in [0, 0.1) is 0 Å². The number of methoxy groups -OCH3 is 1. The summed E-state index contributed by atoms with van der Waals surface area (Å²) in [7, 11) is -3.56. The molecule has 1 amide bonds. The zero-order valence-electron chi connectivity index (χ0n) is 27.9. The van der Waals surface area contributed by atoms with Gasteiger partial charge in [0.15, 0.2) is 11.4 Å². The first-order chi connectivity index (χ1) is 23.6. The van der Waals surface area contributed by atoms with Crippen LogP contribution in [-0.4, -0.2) is 32.8 Å². The van der Waals surface area contributed by atoms with Gasteiger partial charge in [-0.1, -0.05) is 6.07 Å². The molecule has 0 spiro atoms. The molecule has 1 aliphatic heterocycles. The maximum Gasteiger partial charge on any atom is 1.00 e. The van der Waals surface area contributed by atoms with Gasteiger partial charge in [-0.25, -0.2) is 8.42 Å². The monoisotopic (exact) mass is 799 g/mol. The van der Waals surface area contributed by atoms with Crippen molar-refractivity contribution >= 4 is 73.6 Å². The van der Waals surface area contributed by atoms with Crippen molar-refractivity contribution in [3.05, 3.63) is 78.2 Å². The molecular weight excluding hydrogens is 780 g/mol. The molecule has 0 aromatic heterocycles. The second kappa shape index (κ2) is 22.0. The summed E-state index contributed by atoms with van der Waals surface area (Å²) in [4.78, 5) is 13.3. The first-order valence-electron chi connectivity index (χ1n) is 13.3. The molecule has 256 valence electrons. The van der Waals surface area contributed by atoms with Gasteiger partial charge < -0.3 is 34.6 Å². The van der Waals surface area contributed by atoms with Crippen LogP contribution in [0.25, 0.3) is 10.8 Å². The molecule has 1 heterocycles. The van der Waals surface area contributed by atoms with E-state index in [-0.39, 0.29) is 140 Å². The van der Waals surface area contributed by atoms with Crippen molar-refractivity contribution in [1.29, 1.82) is 0 Å². The normalized spacial score (nSPS) is 13.9. The smallest absolute Gasteiger partial charge is 0.744 e. The molecule has 0 atom stereocenters. The molecule has 0 fully saturated rings. The van der Waals surface area contributed by atoms with E-state index in [1.807, 2.05) is 0 Å². The van der Waals surface area contributed by atoms with E-state index >= 15 is 0 Å². The van der Waals surface area contributed by atoms with E-state index in [9.17, 15) is 28.3 Å². The number of benzene rings is 4. The van der Waals surface area contributed by atoms with Gasteiger partial charge in [0.25, 0.3) is 5.91 Å². The van der Waals surface area contributed by atoms with Crippen LogP contribution >= 0.6 is 24.1 Å². The Labute approximate surface area is 370 Å². The van der Waals surface area contributed by atoms with Crippen LogP contribution < -0.4 is 114 Å². The van der Waals surface area contributed by atoms with Gasteiger partial charge in [0.1, 0.15) is 27.3 Å². The number of rotatable bonds is 12. The summed E-state index contributed by atoms with van der Waals surface area (Å²) >= 11 is 1.08. The van der Waals surface area contributed by atoms with Gasteiger partial charge in [0, 0.05) is 21.2 Å². The fourth-order valence-electron chi connectivity index (χ4n) is 4.23. The van der Waals surface area contributed by atoms with Crippen LogP contribution in [0.1, 0.15) is 6.92 Å². The Morgan fingerprint density at radius 1 is 0.865 bits per heavy atom. The van der Waals surface area contributed by atoms with Crippen LogP contribution in [0.2, 0.25) is 0 Å². The molecule has 4 aromatic rings. The van der Waals surface area contributed by atoms with Crippen LogP contribution in [0.15, 0.2) is 113 Å². The Morgan fingerprint density at radius 3 is 2.21 bits per heavy atom. The third-order valence-corrected chi connectivity index (χ3v) is 8.40. The van der Waals surface area contributed by atoms with Gasteiger partial charge in [0.05, 0.1) is 53.2 Å². The van der Waals surface area contributed by atoms with Gasteiger partial charge in [-0.15, -0.1) is 10.2 Å². The summed E-state index contributed by atoms with van der Waals surface area (Å²) < 4.78 is 61.0. The molecule has 0 aliphatic carbocycles. The summed E-state index contributed by atoms with van der Waals surface area (Å²) in [6, 6.07) is 16.1. The van der Waals surface area contributed by atoms with Crippen molar-refractivity contribution in [1.82, 2.24) is 0 Å². The number of anilines is 1. The first-order valence-corrected chi connectivity index (χ1v) is 16.2. The molecule has 5 rings (SSSR count). The standard InChI is InChI=1S/C28H23N5O13S3.3Na/c1-15-27(33-32-23-12-19(47-45-43-35)6-8-24(23)42-14-41-15)28(34)29-22-7-5-18(11-25(22)40-2)31-30-17-4-3-16-9-20(48-46-44-36)13-26(21(16)10-17)49(37,38)39;;;/h3-13,35-36H,14H2,1-2H3,(H,29,34)(H,37,38,39);;;/q;3*+1/p-3/b27-15-,31-30?,33-32?;;;. The minimum Gasteiger partial charge on any atom is -0.744 e. The number of nitrogens with one attached hydrogen (secondary N) is 1. The molecule has 0 radical (unpaired) electrons. The van der Waals surface area contributed by atoms with E-state index < -0.39 is 20.9 Å². The number of amides is 1. The molecule has 52 heavy (non-hydrogen) atoms. The zero-order valence-corrected chi connectivity index (χ0v) is 36.3. The predicted octanol–water partition coefficient (Wildman–Crippen LogP) is -4.04. The minimum atomic E-state index is -4.93. The number of carbonyl (C=O) groups excluding carboxylic acids is 1. The van der Waals surface area contributed by atoms with Crippen LogP contribution in [-0.2, 0) is 38.4 Å². The molecule has 18 nitrogen and oxygen atoms in total. The average Bonchev–Trinajstić information content (AvgIpc) is 3.16. The van der Waals surface area contributed by atoms with E-state index in [1.165, 1.54) is 62.6 Å². The number of hydrogen-bond acceptors (Lipinski definition) is 19. The molecule has 1 aliphatic rings. The van der Waals surface area contributed by atoms with E-state index in [0.29, 0.717) is 45.8 Å². The quantitative estimate of drug-likeness (QED) is 0.0358. The molecule has 0 unspecified atom stereocenters. The summed E-state index contributed by atoms with van der Waals surface area (Å²) in [6.45, 7) is 1.25. The van der Waals surface area contributed by atoms with E-state index in [0.717, 1.165) is 6.07 Å². The fourth-order valence-corrected chi connectivity index (χ4v) is 5.86. The molecule has 1 N–H and O–H groups in total. The number of carbonyl (C=O) groups is 1. The Balaban J connectivity index is 0.00000312. The largest absolute Gasteiger partial charge is 1.00 e. The fraction of sp³-hybridized carbons (Fsp3) is 0.107. The molecule has 0 saturated carbocycles. The van der Waals surface area contributed by atoms with Crippen LogP contribution in [0.3, 0.4) is 0 Å². The van der Waals surface area contributed by atoms with Gasteiger partial charge in [-0.05, 0) is 66.9 Å². The second-order valence-corrected chi connectivity index (χ2v) is 12.3. The third kappa shape index (κ3) is 12.4. The molecule has 24 heteroatoms. The van der Waals surface area contributed by atoms with Crippen molar-refractivity contribution in [2.24, 2.45) is 20.5 Å². The number of nitrogens with zero attached hydrogens (tertiary/aromatic N) is 4. The Hall–Kier alpha value is -1.68. The summed E-state index contributed by atoms with van der Waals surface area (Å²) in [6.07, 6.45) is 0. The van der Waals surface area contributed by atoms with Crippen molar-refractivity contribution in [2.75, 3.05) is 19.2 Å². The third-order valence-electron chi connectivity index (χ3n) is 6.40. The maximum absolute atomic E-state index is 13.3. The van der Waals surface area contributed by atoms with Gasteiger partial charge in [0.2, 0.25) is 6.79 Å². The first kappa shape index (κ1) is 46.5. The number of hydrogen-bond donors (Lipinski definition) is 1. The number of ether oxygens (including phenoxy) is 3. The molecular formula is C28H20N5Na3O13S3. The Kier molecular flexibility index (Phi) is 19.7. The van der Waals surface area contributed by atoms with E-state index in [1.54, 1.807) is 12.1 Å². The SMILES string of the molecule is COc1cc(N=Nc2ccc3cc(SOO[O-])cc(S(=O)(=O)[O-])c3c2)ccc1NC(=O)/C1=C(\C)OCOc2ccc(SOO[O-])cc2N=N1.[Na+].[Na+].[Na+]. The zero-order chi connectivity index (χ0) is 35.0. The average molecular weight is 800 g/mol. The number of azo groups is 2. The molecule has 0 saturated heterocycles. The topological polar surface area (TPSA) is 246 Å². The summed E-state index contributed by atoms with van der Waals surface area (Å²) in [5.41, 5.74) is 0.790. The summed E-state index contributed by atoms with van der Waals surface area (Å²) in [5.74, 6) is -0.0886. The van der Waals surface area contributed by atoms with Gasteiger partial charge in [-0.2, -0.15) is 18.9 Å². The Morgan fingerprint density at radius 2 is 1.54 bits per heavy atom. The van der Waals surface area contributed by atoms with Gasteiger partial charge in [-0.3, -0.25) is 14.9 Å². The molecule has 0 bridgehead atoms. The van der Waals surface area contributed by atoms with Crippen molar-refractivity contribution < 1.29 is 150 Å². The summed E-state index contributed by atoms with van der Waals surface area (Å²) in [5, 5.41) is 46.6. The van der Waals surface area contributed by atoms with Gasteiger partial charge >= 0.3 is 88.7 Å². The van der Waals surface area contributed by atoms with Crippen molar-refractivity contribution in [3.8, 4) is 11.5 Å². The van der Waals surface area contributed by atoms with Crippen LogP contribution in [0.5, 0.6) is 11.5 Å². The van der Waals surface area contributed by atoms with Crippen molar-refractivity contribution in [2.45, 2.75) is 21.6 Å². The number of allylic oxidation sites excluding steroid dienone is 1. The maximum atomic E-state index is 13.3. The molecule has 4 aromatic carbocycles. The van der Waals surface area contributed by atoms with E-state index in [4.69, 9.17) is 14.2 Å².